The molecule has 0 radical (unpaired) electrons. The number of aryl methyl sites for hydroxylation is 2. The highest BCUT2D eigenvalue weighted by molar-refractivity contribution is 5.93. The molecule has 2 aliphatic heterocycles. The second-order valence-electron chi connectivity index (χ2n) is 9.18. The SMILES string of the molecule is Cc1cccc(C)c1NC(=O)CN1CCN([C@@H](C)C(=O)N2[C@H](C)CCC[C@@H]2C)CC1. The average molecular weight is 415 g/mol. The zero-order chi connectivity index (χ0) is 21.8. The van der Waals surface area contributed by atoms with E-state index in [1.807, 2.05) is 39.0 Å². The standard InChI is InChI=1S/C24H38N4O2/c1-17-8-6-9-18(2)23(17)25-22(29)16-26-12-14-27(15-13-26)21(5)24(30)28-19(3)10-7-11-20(28)4/h6,8-9,19-21H,7,10-16H2,1-5H3,(H,25,29)/t19-,20+,21-/m0/s1. The van der Waals surface area contributed by atoms with Gasteiger partial charge in [0.05, 0.1) is 12.6 Å². The lowest BCUT2D eigenvalue weighted by Gasteiger charge is -2.44. The molecule has 3 atom stereocenters. The number of nitrogens with one attached hydrogen (secondary N) is 1. The maximum Gasteiger partial charge on any atom is 0.240 e. The van der Waals surface area contributed by atoms with Crippen LogP contribution in [-0.4, -0.2) is 77.4 Å². The molecular formula is C24H38N4O2. The van der Waals surface area contributed by atoms with Crippen LogP contribution in [0.15, 0.2) is 18.2 Å². The summed E-state index contributed by atoms with van der Waals surface area (Å²) in [6.07, 6.45) is 3.42. The van der Waals surface area contributed by atoms with Crippen LogP contribution in [0.25, 0.3) is 0 Å². The third-order valence-electron chi connectivity index (χ3n) is 6.87. The predicted octanol–water partition coefficient (Wildman–Crippen LogP) is 3.04. The van der Waals surface area contributed by atoms with Crippen LogP contribution in [0.3, 0.4) is 0 Å². The highest BCUT2D eigenvalue weighted by atomic mass is 16.2. The number of benzene rings is 1. The normalized spacial score (nSPS) is 24.5. The fourth-order valence-electron chi connectivity index (χ4n) is 4.93. The molecule has 0 saturated carbocycles. The van der Waals surface area contributed by atoms with Crippen LogP contribution in [-0.2, 0) is 9.59 Å². The topological polar surface area (TPSA) is 55.9 Å². The van der Waals surface area contributed by atoms with E-state index in [0.29, 0.717) is 18.6 Å². The first kappa shape index (κ1) is 22.8. The number of para-hydroxylation sites is 1. The number of hydrogen-bond acceptors (Lipinski definition) is 4. The van der Waals surface area contributed by atoms with Crippen molar-refractivity contribution in [3.63, 3.8) is 0 Å². The fraction of sp³-hybridized carbons (Fsp3) is 0.667. The number of carbonyl (C=O) groups is 2. The van der Waals surface area contributed by atoms with Crippen LogP contribution < -0.4 is 5.32 Å². The van der Waals surface area contributed by atoms with E-state index >= 15 is 0 Å². The van der Waals surface area contributed by atoms with Gasteiger partial charge in [-0.05, 0) is 65.0 Å². The Hall–Kier alpha value is -1.92. The zero-order valence-corrected chi connectivity index (χ0v) is 19.3. The molecule has 3 rings (SSSR count). The van der Waals surface area contributed by atoms with Gasteiger partial charge >= 0.3 is 0 Å². The minimum absolute atomic E-state index is 0.0286. The molecule has 2 saturated heterocycles. The van der Waals surface area contributed by atoms with Crippen LogP contribution in [0.5, 0.6) is 0 Å². The Kier molecular flexibility index (Phi) is 7.53. The highest BCUT2D eigenvalue weighted by Gasteiger charge is 2.35. The van der Waals surface area contributed by atoms with Gasteiger partial charge in [0.25, 0.3) is 0 Å². The Morgan fingerprint density at radius 3 is 2.17 bits per heavy atom. The lowest BCUT2D eigenvalue weighted by molar-refractivity contribution is -0.143. The number of carbonyl (C=O) groups excluding carboxylic acids is 2. The summed E-state index contributed by atoms with van der Waals surface area (Å²) in [6.45, 7) is 14.1. The largest absolute Gasteiger partial charge is 0.336 e. The maximum absolute atomic E-state index is 13.2. The molecule has 6 nitrogen and oxygen atoms in total. The van der Waals surface area contributed by atoms with Crippen molar-refractivity contribution in [2.45, 2.75) is 72.0 Å². The van der Waals surface area contributed by atoms with Gasteiger partial charge in [-0.1, -0.05) is 18.2 Å². The third-order valence-corrected chi connectivity index (χ3v) is 6.87. The Labute approximate surface area is 181 Å². The van der Waals surface area contributed by atoms with Gasteiger partial charge in [-0.15, -0.1) is 0 Å². The maximum atomic E-state index is 13.2. The van der Waals surface area contributed by atoms with Crippen LogP contribution in [0.1, 0.15) is 51.2 Å². The molecule has 1 N–H and O–H groups in total. The van der Waals surface area contributed by atoms with Gasteiger partial charge in [-0.2, -0.15) is 0 Å². The van der Waals surface area contributed by atoms with Gasteiger partial charge in [-0.3, -0.25) is 19.4 Å². The summed E-state index contributed by atoms with van der Waals surface area (Å²) in [7, 11) is 0. The molecule has 0 aliphatic carbocycles. The monoisotopic (exact) mass is 414 g/mol. The molecule has 30 heavy (non-hydrogen) atoms. The predicted molar refractivity (Wildman–Crippen MR) is 122 cm³/mol. The molecule has 1 aromatic carbocycles. The minimum Gasteiger partial charge on any atom is -0.336 e. The fourth-order valence-corrected chi connectivity index (χ4v) is 4.93. The van der Waals surface area contributed by atoms with Gasteiger partial charge in [0.2, 0.25) is 11.8 Å². The Balaban J connectivity index is 1.49. The number of nitrogens with zero attached hydrogens (tertiary/aromatic N) is 3. The number of hydrogen-bond donors (Lipinski definition) is 1. The second-order valence-corrected chi connectivity index (χ2v) is 9.18. The minimum atomic E-state index is -0.0985. The summed E-state index contributed by atoms with van der Waals surface area (Å²) in [6, 6.07) is 6.61. The number of likely N-dealkylation sites (tertiary alicyclic amines) is 1. The Morgan fingerprint density at radius 2 is 1.60 bits per heavy atom. The van der Waals surface area contributed by atoms with Crippen LogP contribution in [0.4, 0.5) is 5.69 Å². The molecular weight excluding hydrogens is 376 g/mol. The van der Waals surface area contributed by atoms with Crippen molar-refractivity contribution in [1.82, 2.24) is 14.7 Å². The van der Waals surface area contributed by atoms with E-state index in [0.717, 1.165) is 55.8 Å². The Morgan fingerprint density at radius 1 is 1.03 bits per heavy atom. The van der Waals surface area contributed by atoms with Gasteiger partial charge in [-0.25, -0.2) is 0 Å². The number of piperidine rings is 1. The molecule has 0 bridgehead atoms. The Bertz CT molecular complexity index is 727. The van der Waals surface area contributed by atoms with Crippen molar-refractivity contribution in [2.24, 2.45) is 0 Å². The van der Waals surface area contributed by atoms with E-state index < -0.39 is 0 Å². The summed E-state index contributed by atoms with van der Waals surface area (Å²) in [5.74, 6) is 0.289. The van der Waals surface area contributed by atoms with E-state index in [2.05, 4.69) is 33.9 Å². The molecule has 6 heteroatoms. The van der Waals surface area contributed by atoms with Crippen LogP contribution in [0, 0.1) is 13.8 Å². The quantitative estimate of drug-likeness (QED) is 0.805. The van der Waals surface area contributed by atoms with Crippen LogP contribution >= 0.6 is 0 Å². The van der Waals surface area contributed by atoms with Crippen molar-refractivity contribution in [1.29, 1.82) is 0 Å². The molecule has 0 unspecified atom stereocenters. The van der Waals surface area contributed by atoms with E-state index in [-0.39, 0.29) is 17.9 Å². The van der Waals surface area contributed by atoms with Crippen molar-refractivity contribution < 1.29 is 9.59 Å². The van der Waals surface area contributed by atoms with Gasteiger partial charge in [0.15, 0.2) is 0 Å². The smallest absolute Gasteiger partial charge is 0.240 e. The molecule has 0 spiro atoms. The first-order valence-electron chi connectivity index (χ1n) is 11.4. The summed E-state index contributed by atoms with van der Waals surface area (Å²) < 4.78 is 0. The van der Waals surface area contributed by atoms with Crippen molar-refractivity contribution in [3.8, 4) is 0 Å². The summed E-state index contributed by atoms with van der Waals surface area (Å²) in [4.78, 5) is 32.3. The molecule has 166 valence electrons. The number of anilines is 1. The first-order valence-corrected chi connectivity index (χ1v) is 11.4. The highest BCUT2D eigenvalue weighted by Crippen LogP contribution is 2.24. The first-order chi connectivity index (χ1) is 14.3. The number of amides is 2. The summed E-state index contributed by atoms with van der Waals surface area (Å²) >= 11 is 0. The van der Waals surface area contributed by atoms with E-state index in [9.17, 15) is 9.59 Å². The molecule has 1 aromatic rings. The molecule has 0 aromatic heterocycles. The van der Waals surface area contributed by atoms with Crippen molar-refractivity contribution in [3.05, 3.63) is 29.3 Å². The van der Waals surface area contributed by atoms with Gasteiger partial charge in [0, 0.05) is 44.0 Å². The lowest BCUT2D eigenvalue weighted by Crippen LogP contribution is -2.58. The number of piperazine rings is 1. The molecule has 2 fully saturated rings. The van der Waals surface area contributed by atoms with E-state index in [1.165, 1.54) is 6.42 Å². The van der Waals surface area contributed by atoms with Gasteiger partial charge < -0.3 is 10.2 Å². The average Bonchev–Trinajstić information content (AvgIpc) is 2.70. The van der Waals surface area contributed by atoms with Crippen LogP contribution in [0.2, 0.25) is 0 Å². The third kappa shape index (κ3) is 5.22. The molecule has 2 amide bonds. The van der Waals surface area contributed by atoms with E-state index in [4.69, 9.17) is 0 Å². The number of rotatable bonds is 5. The summed E-state index contributed by atoms with van der Waals surface area (Å²) in [5.41, 5.74) is 3.09. The van der Waals surface area contributed by atoms with Crippen molar-refractivity contribution in [2.75, 3.05) is 38.0 Å². The van der Waals surface area contributed by atoms with Crippen molar-refractivity contribution >= 4 is 17.5 Å². The van der Waals surface area contributed by atoms with E-state index in [1.54, 1.807) is 0 Å². The van der Waals surface area contributed by atoms with Gasteiger partial charge in [0.1, 0.15) is 0 Å². The zero-order valence-electron chi connectivity index (χ0n) is 19.3. The summed E-state index contributed by atoms with van der Waals surface area (Å²) in [5, 5.41) is 3.08. The second kappa shape index (κ2) is 9.92. The molecule has 2 heterocycles. The molecule has 2 aliphatic rings. The lowest BCUT2D eigenvalue weighted by atomic mass is 9.96.